The first kappa shape index (κ1) is 29.9. The Labute approximate surface area is 239 Å². The Morgan fingerprint density at radius 2 is 1.82 bits per heavy atom. The van der Waals surface area contributed by atoms with Crippen molar-refractivity contribution in [2.24, 2.45) is 45.3 Å². The highest BCUT2D eigenvalue weighted by atomic mass is 16.7. The summed E-state index contributed by atoms with van der Waals surface area (Å²) in [6, 6.07) is 0. The molecule has 7 nitrogen and oxygen atoms in total. The van der Waals surface area contributed by atoms with Crippen LogP contribution >= 0.6 is 0 Å². The van der Waals surface area contributed by atoms with Crippen LogP contribution in [-0.4, -0.2) is 59.3 Å². The molecule has 0 aromatic carbocycles. The highest BCUT2D eigenvalue weighted by molar-refractivity contribution is 5.95. The van der Waals surface area contributed by atoms with E-state index in [1.54, 1.807) is 27.0 Å². The summed E-state index contributed by atoms with van der Waals surface area (Å²) in [4.78, 5) is 25.5. The van der Waals surface area contributed by atoms with E-state index in [1.165, 1.54) is 12.5 Å². The summed E-state index contributed by atoms with van der Waals surface area (Å²) in [6.45, 7) is 15.8. The maximum Gasteiger partial charge on any atom is 0.302 e. The van der Waals surface area contributed by atoms with E-state index in [-0.39, 0.29) is 57.8 Å². The number of aliphatic hydroxyl groups is 2. The number of aliphatic hydroxyl groups excluding tert-OH is 1. The third-order valence-corrected chi connectivity index (χ3v) is 12.3. The molecule has 5 rings (SSSR count). The molecule has 2 saturated carbocycles. The predicted octanol–water partition coefficient (Wildman–Crippen LogP) is 4.99. The van der Waals surface area contributed by atoms with Gasteiger partial charge in [-0.1, -0.05) is 52.3 Å². The van der Waals surface area contributed by atoms with Gasteiger partial charge in [0.1, 0.15) is 12.2 Å². The number of rotatable bonds is 5. The van der Waals surface area contributed by atoms with Gasteiger partial charge in [-0.25, -0.2) is 0 Å². The molecule has 0 unspecified atom stereocenters. The molecule has 1 aliphatic heterocycles. The first-order valence-electron chi connectivity index (χ1n) is 15.1. The van der Waals surface area contributed by atoms with Gasteiger partial charge in [-0.3, -0.25) is 9.59 Å². The van der Waals surface area contributed by atoms with E-state index in [4.69, 9.17) is 14.2 Å². The van der Waals surface area contributed by atoms with E-state index >= 15 is 0 Å². The van der Waals surface area contributed by atoms with Gasteiger partial charge in [-0.2, -0.15) is 0 Å². The molecule has 7 heteroatoms. The van der Waals surface area contributed by atoms with Crippen molar-refractivity contribution in [3.8, 4) is 0 Å². The lowest BCUT2D eigenvalue weighted by Crippen LogP contribution is -2.64. The van der Waals surface area contributed by atoms with E-state index in [0.717, 1.165) is 19.3 Å². The van der Waals surface area contributed by atoms with Crippen LogP contribution in [0.4, 0.5) is 0 Å². The fraction of sp³-hybridized carbons (Fsp3) is 0.818. The number of carbonyl (C=O) groups is 2. The zero-order valence-corrected chi connectivity index (χ0v) is 25.8. The van der Waals surface area contributed by atoms with E-state index < -0.39 is 29.5 Å². The highest BCUT2D eigenvalue weighted by Gasteiger charge is 2.69. The first-order chi connectivity index (χ1) is 18.4. The van der Waals surface area contributed by atoms with Crippen molar-refractivity contribution >= 4 is 11.8 Å². The second kappa shape index (κ2) is 9.48. The molecule has 40 heavy (non-hydrogen) atoms. The molecule has 1 heterocycles. The molecular formula is C33H50O7. The Kier molecular flexibility index (Phi) is 7.10. The van der Waals surface area contributed by atoms with Crippen molar-refractivity contribution in [1.29, 1.82) is 0 Å². The third kappa shape index (κ3) is 4.12. The van der Waals surface area contributed by atoms with Gasteiger partial charge in [0.05, 0.1) is 11.7 Å². The lowest BCUT2D eigenvalue weighted by Gasteiger charge is -2.66. The minimum Gasteiger partial charge on any atom is -0.462 e. The van der Waals surface area contributed by atoms with Crippen LogP contribution in [0.2, 0.25) is 0 Å². The van der Waals surface area contributed by atoms with Crippen LogP contribution in [-0.2, 0) is 23.8 Å². The Bertz CT molecular complexity index is 1120. The van der Waals surface area contributed by atoms with Gasteiger partial charge in [0.2, 0.25) is 0 Å². The number of carbonyl (C=O) groups excluding carboxylic acids is 2. The molecule has 5 aliphatic rings. The summed E-state index contributed by atoms with van der Waals surface area (Å²) >= 11 is 0. The zero-order chi connectivity index (χ0) is 29.6. The molecule has 0 amide bonds. The van der Waals surface area contributed by atoms with Gasteiger partial charge in [-0.15, -0.1) is 0 Å². The van der Waals surface area contributed by atoms with Crippen molar-refractivity contribution in [2.45, 2.75) is 118 Å². The number of esters is 1. The quantitative estimate of drug-likeness (QED) is 0.362. The number of hydrogen-bond donors (Lipinski definition) is 2. The molecule has 0 aromatic heterocycles. The molecule has 0 bridgehead atoms. The molecule has 1 saturated heterocycles. The number of hydrogen-bond acceptors (Lipinski definition) is 7. The van der Waals surface area contributed by atoms with Crippen molar-refractivity contribution in [3.63, 3.8) is 0 Å². The summed E-state index contributed by atoms with van der Waals surface area (Å²) in [6.07, 6.45) is 8.11. The average molecular weight is 559 g/mol. The minimum atomic E-state index is -1.28. The van der Waals surface area contributed by atoms with Gasteiger partial charge >= 0.3 is 5.97 Å². The Hall–Kier alpha value is -1.54. The Balaban J connectivity index is 1.53. The standard InChI is InChI=1S/C33H50O7/c1-18(34)39-26-17-24-29(2,3)25(35)13-15-32(24,7)23-12-14-31(6)20(10-11-22(31)33(23,26)8)19-16-21(40-28(19)38-9)27(36)30(4,5)37/h11,13,15,19-21,23-24,26-28,36-37H,10,12,14,16-17H2,1-9H3/t19-,20-,21+,23+,24-,26+,27-,28-,31-,32+,33-/m0/s1. The first-order valence-corrected chi connectivity index (χ1v) is 15.1. The molecule has 2 N–H and O–H groups in total. The molecule has 11 atom stereocenters. The Morgan fingerprint density at radius 1 is 1.15 bits per heavy atom. The zero-order valence-electron chi connectivity index (χ0n) is 25.8. The molecular weight excluding hydrogens is 508 g/mol. The summed E-state index contributed by atoms with van der Waals surface area (Å²) in [5, 5.41) is 21.3. The maximum absolute atomic E-state index is 13.0. The highest BCUT2D eigenvalue weighted by Crippen LogP contribution is 2.72. The van der Waals surface area contributed by atoms with Gasteiger partial charge in [-0.05, 0) is 80.6 Å². The summed E-state index contributed by atoms with van der Waals surface area (Å²) in [5.41, 5.74) is -1.18. The molecule has 0 spiro atoms. The van der Waals surface area contributed by atoms with Crippen LogP contribution in [0, 0.1) is 45.3 Å². The number of allylic oxidation sites excluding steroid dienone is 3. The SMILES string of the molecule is CO[C@H]1O[C@@H]([C@H](O)C(C)(C)O)C[C@H]1[C@@H]1CC=C2[C@@]3(C)[C@H](CC[C@]21C)[C@@]1(C)C=CC(=O)C(C)(C)[C@@H]1C[C@H]3OC(C)=O. The normalized spacial score (nSPS) is 46.7. The fourth-order valence-corrected chi connectivity index (χ4v) is 10.3. The van der Waals surface area contributed by atoms with Crippen LogP contribution < -0.4 is 0 Å². The van der Waals surface area contributed by atoms with Crippen molar-refractivity contribution in [2.75, 3.05) is 7.11 Å². The number of ether oxygens (including phenoxy) is 3. The molecule has 224 valence electrons. The van der Waals surface area contributed by atoms with Gasteiger partial charge in [0.25, 0.3) is 0 Å². The lowest BCUT2D eigenvalue weighted by atomic mass is 9.38. The van der Waals surface area contributed by atoms with E-state index in [9.17, 15) is 19.8 Å². The number of ketones is 1. The van der Waals surface area contributed by atoms with Crippen LogP contribution in [0.1, 0.15) is 87.5 Å². The van der Waals surface area contributed by atoms with E-state index in [0.29, 0.717) is 12.8 Å². The van der Waals surface area contributed by atoms with Crippen molar-refractivity contribution < 1.29 is 34.0 Å². The molecule has 4 aliphatic carbocycles. The summed E-state index contributed by atoms with van der Waals surface area (Å²) < 4.78 is 18.2. The van der Waals surface area contributed by atoms with Crippen LogP contribution in [0.25, 0.3) is 0 Å². The third-order valence-electron chi connectivity index (χ3n) is 12.3. The average Bonchev–Trinajstić information content (AvgIpc) is 3.43. The molecule has 3 fully saturated rings. The number of fused-ring (bicyclic) bond motifs is 5. The van der Waals surface area contributed by atoms with Gasteiger partial charge < -0.3 is 24.4 Å². The molecule has 0 aromatic rings. The number of methoxy groups -OCH3 is 1. The predicted molar refractivity (Wildman–Crippen MR) is 151 cm³/mol. The second-order valence-corrected chi connectivity index (χ2v) is 15.2. The topological polar surface area (TPSA) is 102 Å². The van der Waals surface area contributed by atoms with Crippen LogP contribution in [0.3, 0.4) is 0 Å². The monoisotopic (exact) mass is 558 g/mol. The van der Waals surface area contributed by atoms with Crippen LogP contribution in [0.15, 0.2) is 23.8 Å². The summed E-state index contributed by atoms with van der Waals surface area (Å²) in [5.74, 6) is 0.442. The van der Waals surface area contributed by atoms with Gasteiger partial charge in [0.15, 0.2) is 12.1 Å². The second-order valence-electron chi connectivity index (χ2n) is 15.2. The van der Waals surface area contributed by atoms with E-state index in [2.05, 4.69) is 46.8 Å². The van der Waals surface area contributed by atoms with Crippen molar-refractivity contribution in [1.82, 2.24) is 0 Å². The van der Waals surface area contributed by atoms with E-state index in [1.807, 2.05) is 0 Å². The van der Waals surface area contributed by atoms with Crippen molar-refractivity contribution in [3.05, 3.63) is 23.8 Å². The van der Waals surface area contributed by atoms with Crippen LogP contribution in [0.5, 0.6) is 0 Å². The fourth-order valence-electron chi connectivity index (χ4n) is 10.3. The minimum absolute atomic E-state index is 0.0520. The lowest BCUT2D eigenvalue weighted by molar-refractivity contribution is -0.193. The molecule has 0 radical (unpaired) electrons. The maximum atomic E-state index is 13.0. The Morgan fingerprint density at radius 3 is 2.42 bits per heavy atom. The van der Waals surface area contributed by atoms with Gasteiger partial charge in [0, 0.05) is 30.8 Å². The largest absolute Gasteiger partial charge is 0.462 e. The summed E-state index contributed by atoms with van der Waals surface area (Å²) in [7, 11) is 1.65. The smallest absolute Gasteiger partial charge is 0.302 e.